The zero-order chi connectivity index (χ0) is 3.58. The van der Waals surface area contributed by atoms with Gasteiger partial charge in [-0.25, -0.2) is 0 Å². The summed E-state index contributed by atoms with van der Waals surface area (Å²) >= 11 is 0. The molecule has 15 heteroatoms. The molecule has 13 nitrogen and oxygen atoms in total. The van der Waals surface area contributed by atoms with Crippen LogP contribution in [0.15, 0.2) is 0 Å². The van der Waals surface area contributed by atoms with Crippen LogP contribution in [0.4, 0.5) is 0 Å². The van der Waals surface area contributed by atoms with Gasteiger partial charge in [0.2, 0.25) is 7.91 Å². The van der Waals surface area contributed by atoms with Crippen molar-refractivity contribution >= 4 is 7.91 Å². The fourth-order valence-corrected chi connectivity index (χ4v) is 0. The van der Waals surface area contributed by atoms with Gasteiger partial charge in [0.15, 0.2) is 0 Å². The number of hydrogen-bond acceptors (Lipinski definition) is 3. The molecule has 20 N–H and O–H groups in total. The second kappa shape index (κ2) is 219. The van der Waals surface area contributed by atoms with Crippen molar-refractivity contribution in [1.29, 1.82) is 0 Å². The monoisotopic (exact) mass is 282 g/mol. The summed E-state index contributed by atoms with van der Waals surface area (Å²) in [5.41, 5.74) is 0. The summed E-state index contributed by atoms with van der Waals surface area (Å²) in [6.07, 6.45) is 0. The van der Waals surface area contributed by atoms with Gasteiger partial charge in [0, 0.05) is 0 Å². The van der Waals surface area contributed by atoms with E-state index in [1.165, 1.54) is 0 Å². The first-order valence-corrected chi connectivity index (χ1v) is 1.64. The molecule has 0 spiro atoms. The molecule has 0 aliphatic heterocycles. The quantitative estimate of drug-likeness (QED) is 0.308. The van der Waals surface area contributed by atoms with Gasteiger partial charge in [-0.1, -0.05) is 0 Å². The second-order valence-corrected chi connectivity index (χ2v) is 0.671. The zero-order valence-electron chi connectivity index (χ0n) is 7.67. The Bertz CT molecular complexity index is 58.9. The Kier molecular flexibility index (Phi) is 3940. The third kappa shape index (κ3) is 10600. The SMILES string of the molecule is O.O.O.O.O.O.O.O.O.O.O=P(=O)[O-].[Na+]. The zero-order valence-corrected chi connectivity index (χ0v) is 10.6. The first kappa shape index (κ1) is 270. The molecular weight excluding hydrogens is 262 g/mol. The van der Waals surface area contributed by atoms with Gasteiger partial charge < -0.3 is 59.7 Å². The topological polar surface area (TPSA) is 372 Å². The summed E-state index contributed by atoms with van der Waals surface area (Å²) in [7, 11) is -3.37. The van der Waals surface area contributed by atoms with Gasteiger partial charge in [0.05, 0.1) is 0 Å². The van der Waals surface area contributed by atoms with E-state index < -0.39 is 7.91 Å². The normalized spacial score (nSPS) is 1.67. The van der Waals surface area contributed by atoms with Crippen molar-refractivity contribution in [3.05, 3.63) is 0 Å². The van der Waals surface area contributed by atoms with Crippen LogP contribution in [0.1, 0.15) is 0 Å². The Morgan fingerprint density at radius 3 is 0.533 bits per heavy atom. The van der Waals surface area contributed by atoms with Gasteiger partial charge in [0.1, 0.15) is 0 Å². The summed E-state index contributed by atoms with van der Waals surface area (Å²) < 4.78 is 17.0. The summed E-state index contributed by atoms with van der Waals surface area (Å²) in [6.45, 7) is 0. The van der Waals surface area contributed by atoms with Gasteiger partial charge >= 0.3 is 29.6 Å². The van der Waals surface area contributed by atoms with Crippen LogP contribution in [0.3, 0.4) is 0 Å². The largest absolute Gasteiger partial charge is 1.00 e. The molecule has 0 aliphatic carbocycles. The van der Waals surface area contributed by atoms with Crippen LogP contribution in [0.2, 0.25) is 0 Å². The fraction of sp³-hybridized carbons (Fsp3) is 0. The van der Waals surface area contributed by atoms with Crippen molar-refractivity contribution in [1.82, 2.24) is 0 Å². The smallest absolute Gasteiger partial charge is 0.744 e. The van der Waals surface area contributed by atoms with E-state index in [-0.39, 0.29) is 84.3 Å². The van der Waals surface area contributed by atoms with Crippen LogP contribution in [-0.4, -0.2) is 54.8 Å². The predicted molar refractivity (Wildman–Crippen MR) is 44.4 cm³/mol. The average Bonchev–Trinajstić information content (AvgIpc) is 0.811. The Labute approximate surface area is 106 Å². The van der Waals surface area contributed by atoms with Crippen LogP contribution < -0.4 is 34.5 Å². The maximum Gasteiger partial charge on any atom is 1.00 e. The van der Waals surface area contributed by atoms with E-state index in [2.05, 4.69) is 0 Å². The van der Waals surface area contributed by atoms with E-state index in [9.17, 15) is 0 Å². The third-order valence-electron chi connectivity index (χ3n) is 0. The van der Waals surface area contributed by atoms with Crippen molar-refractivity contribution in [3.8, 4) is 0 Å². The van der Waals surface area contributed by atoms with Crippen molar-refractivity contribution < 1.29 is 98.3 Å². The molecular formula is H20NaO13P. The molecule has 0 saturated carbocycles. The van der Waals surface area contributed by atoms with Crippen LogP contribution in [0.25, 0.3) is 0 Å². The minimum atomic E-state index is -3.37. The number of hydrogen-bond donors (Lipinski definition) is 0. The minimum Gasteiger partial charge on any atom is -0.744 e. The molecule has 0 amide bonds. The molecule has 0 bridgehead atoms. The molecule has 0 aromatic rings. The minimum absolute atomic E-state index is 0. The van der Waals surface area contributed by atoms with Crippen LogP contribution in [0.5, 0.6) is 0 Å². The van der Waals surface area contributed by atoms with E-state index in [1.807, 2.05) is 0 Å². The molecule has 0 atom stereocenters. The van der Waals surface area contributed by atoms with Gasteiger partial charge in [-0.3, -0.25) is 9.13 Å². The Morgan fingerprint density at radius 2 is 0.533 bits per heavy atom. The van der Waals surface area contributed by atoms with Gasteiger partial charge in [-0.2, -0.15) is 0 Å². The van der Waals surface area contributed by atoms with Crippen molar-refractivity contribution in [3.63, 3.8) is 0 Å². The summed E-state index contributed by atoms with van der Waals surface area (Å²) in [6, 6.07) is 0. The molecule has 0 aromatic carbocycles. The summed E-state index contributed by atoms with van der Waals surface area (Å²) in [5, 5.41) is 0. The molecule has 0 saturated heterocycles. The molecule has 0 rings (SSSR count). The maximum absolute atomic E-state index is 8.48. The summed E-state index contributed by atoms with van der Waals surface area (Å²) in [4.78, 5) is 8.48. The standard InChI is InChI=1S/Na.HO3P.10H2O/c;1-4(2)3;;;;;;;;;;/h;(H,1,2,3);10*1H2/q+1;;;;;;;;;;;/p-1. The van der Waals surface area contributed by atoms with Gasteiger partial charge in [-0.15, -0.1) is 0 Å². The number of rotatable bonds is 0. The molecule has 15 heavy (non-hydrogen) atoms. The molecule has 0 radical (unpaired) electrons. The van der Waals surface area contributed by atoms with Crippen molar-refractivity contribution in [2.45, 2.75) is 0 Å². The van der Waals surface area contributed by atoms with Crippen molar-refractivity contribution in [2.75, 3.05) is 0 Å². The first-order chi connectivity index (χ1) is 1.73. The molecule has 0 aromatic heterocycles. The third-order valence-corrected chi connectivity index (χ3v) is 0. The Hall–Kier alpha value is 0.460. The van der Waals surface area contributed by atoms with E-state index in [4.69, 9.17) is 14.0 Å². The van der Waals surface area contributed by atoms with E-state index in [0.717, 1.165) is 0 Å². The van der Waals surface area contributed by atoms with Crippen LogP contribution in [-0.2, 0) is 9.13 Å². The molecule has 0 fully saturated rings. The van der Waals surface area contributed by atoms with E-state index in [0.29, 0.717) is 0 Å². The molecule has 0 heterocycles. The van der Waals surface area contributed by atoms with Crippen LogP contribution in [0, 0.1) is 0 Å². The average molecular weight is 282 g/mol. The Balaban J connectivity index is -0.000000000818. The first-order valence-electron chi connectivity index (χ1n) is 0.548. The van der Waals surface area contributed by atoms with Crippen LogP contribution >= 0.6 is 7.91 Å². The maximum atomic E-state index is 8.48. The molecule has 0 aliphatic rings. The van der Waals surface area contributed by atoms with E-state index in [1.54, 1.807) is 0 Å². The van der Waals surface area contributed by atoms with Gasteiger partial charge in [-0.05, 0) is 0 Å². The predicted octanol–water partition coefficient (Wildman–Crippen LogP) is -11.8. The molecule has 0 unspecified atom stereocenters. The Morgan fingerprint density at radius 1 is 0.533 bits per heavy atom. The van der Waals surface area contributed by atoms with E-state index >= 15 is 0 Å². The second-order valence-electron chi connectivity index (χ2n) is 0.224. The fourth-order valence-electron chi connectivity index (χ4n) is 0. The van der Waals surface area contributed by atoms with Crippen molar-refractivity contribution in [2.24, 2.45) is 0 Å². The molecule has 104 valence electrons. The van der Waals surface area contributed by atoms with Gasteiger partial charge in [0.25, 0.3) is 0 Å². The summed E-state index contributed by atoms with van der Waals surface area (Å²) in [5.74, 6) is 0.